The van der Waals surface area contributed by atoms with Gasteiger partial charge in [-0.15, -0.1) is 0 Å². The van der Waals surface area contributed by atoms with Crippen LogP contribution in [0.25, 0.3) is 0 Å². The second kappa shape index (κ2) is 6.86. The molecule has 0 radical (unpaired) electrons. The second-order valence-electron chi connectivity index (χ2n) is 5.62. The fourth-order valence-corrected chi connectivity index (χ4v) is 3.26. The van der Waals surface area contributed by atoms with E-state index < -0.39 is 0 Å². The quantitative estimate of drug-likeness (QED) is 0.926. The number of halogens is 1. The predicted molar refractivity (Wildman–Crippen MR) is 82.5 cm³/mol. The average Bonchev–Trinajstić information content (AvgIpc) is 3.03. The van der Waals surface area contributed by atoms with Crippen molar-refractivity contribution in [1.82, 2.24) is 5.32 Å². The zero-order chi connectivity index (χ0) is 14.7. The number of methoxy groups -OCH3 is 1. The molecule has 1 aliphatic carbocycles. The summed E-state index contributed by atoms with van der Waals surface area (Å²) in [5.74, 6) is 1.36. The first-order valence-electron chi connectivity index (χ1n) is 7.64. The maximum atomic E-state index is 6.43. The zero-order valence-corrected chi connectivity index (χ0v) is 13.1. The Balaban J connectivity index is 1.82. The van der Waals surface area contributed by atoms with E-state index in [1.54, 1.807) is 7.11 Å². The average molecular weight is 312 g/mol. The minimum atomic E-state index is 0.0191. The van der Waals surface area contributed by atoms with Crippen molar-refractivity contribution in [1.29, 1.82) is 0 Å². The first-order valence-corrected chi connectivity index (χ1v) is 8.02. The summed E-state index contributed by atoms with van der Waals surface area (Å²) in [4.78, 5) is 0. The van der Waals surface area contributed by atoms with E-state index in [1.165, 1.54) is 12.8 Å². The molecule has 0 aromatic heterocycles. The summed E-state index contributed by atoms with van der Waals surface area (Å²) in [6.45, 7) is 2.40. The van der Waals surface area contributed by atoms with Gasteiger partial charge in [-0.1, -0.05) is 11.6 Å². The third-order valence-corrected chi connectivity index (χ3v) is 4.42. The number of benzene rings is 1. The summed E-state index contributed by atoms with van der Waals surface area (Å²) in [5.41, 5.74) is 1.03. The van der Waals surface area contributed by atoms with E-state index >= 15 is 0 Å². The number of morpholine rings is 1. The van der Waals surface area contributed by atoms with Crippen molar-refractivity contribution in [2.75, 3.05) is 26.8 Å². The van der Waals surface area contributed by atoms with Crippen molar-refractivity contribution in [3.8, 4) is 11.5 Å². The monoisotopic (exact) mass is 311 g/mol. The molecule has 1 aromatic carbocycles. The van der Waals surface area contributed by atoms with Crippen LogP contribution in [0.4, 0.5) is 0 Å². The second-order valence-corrected chi connectivity index (χ2v) is 6.03. The van der Waals surface area contributed by atoms with Crippen LogP contribution in [0.5, 0.6) is 11.5 Å². The summed E-state index contributed by atoms with van der Waals surface area (Å²) in [5, 5.41) is 3.93. The summed E-state index contributed by atoms with van der Waals surface area (Å²) in [6.07, 6.45) is 4.92. The van der Waals surface area contributed by atoms with Crippen LogP contribution in [0, 0.1) is 0 Å². The van der Waals surface area contributed by atoms with E-state index in [-0.39, 0.29) is 12.2 Å². The van der Waals surface area contributed by atoms with Gasteiger partial charge in [0.1, 0.15) is 0 Å². The maximum absolute atomic E-state index is 6.43. The Kier molecular flexibility index (Phi) is 4.88. The Morgan fingerprint density at radius 2 is 2.10 bits per heavy atom. The Bertz CT molecular complexity index is 483. The van der Waals surface area contributed by atoms with Crippen molar-refractivity contribution < 1.29 is 14.2 Å². The smallest absolute Gasteiger partial charge is 0.180 e. The Morgan fingerprint density at radius 1 is 1.29 bits per heavy atom. The van der Waals surface area contributed by atoms with Crippen LogP contribution in [0.3, 0.4) is 0 Å². The molecule has 116 valence electrons. The normalized spacial score (nSPS) is 23.2. The SMILES string of the molecule is COc1cc(C2CNCCO2)cc(Cl)c1OC1CCCC1. The molecular formula is C16H22ClNO3. The van der Waals surface area contributed by atoms with Gasteiger partial charge in [0, 0.05) is 13.1 Å². The van der Waals surface area contributed by atoms with Crippen LogP contribution in [0.2, 0.25) is 5.02 Å². The van der Waals surface area contributed by atoms with Gasteiger partial charge in [0.25, 0.3) is 0 Å². The van der Waals surface area contributed by atoms with E-state index in [2.05, 4.69) is 5.32 Å². The van der Waals surface area contributed by atoms with Crippen molar-refractivity contribution in [3.05, 3.63) is 22.7 Å². The van der Waals surface area contributed by atoms with Gasteiger partial charge in [0.15, 0.2) is 11.5 Å². The molecule has 1 aliphatic heterocycles. The van der Waals surface area contributed by atoms with Crippen molar-refractivity contribution in [2.45, 2.75) is 37.9 Å². The molecule has 21 heavy (non-hydrogen) atoms. The highest BCUT2D eigenvalue weighted by molar-refractivity contribution is 6.32. The van der Waals surface area contributed by atoms with Gasteiger partial charge in [0.2, 0.25) is 0 Å². The summed E-state index contributed by atoms with van der Waals surface area (Å²) < 4.78 is 17.3. The standard InChI is InChI=1S/C16H22ClNO3/c1-19-14-9-11(15-10-18-6-7-20-15)8-13(17)16(14)21-12-4-2-3-5-12/h8-9,12,15,18H,2-7,10H2,1H3. The molecule has 0 amide bonds. The van der Waals surface area contributed by atoms with E-state index in [4.69, 9.17) is 25.8 Å². The van der Waals surface area contributed by atoms with Crippen LogP contribution in [0.1, 0.15) is 37.4 Å². The molecule has 0 bridgehead atoms. The molecule has 2 aliphatic rings. The Hall–Kier alpha value is -0.970. The van der Waals surface area contributed by atoms with Crippen molar-refractivity contribution in [3.63, 3.8) is 0 Å². The first-order chi connectivity index (χ1) is 10.3. The number of nitrogens with one attached hydrogen (secondary N) is 1. The largest absolute Gasteiger partial charge is 0.493 e. The highest BCUT2D eigenvalue weighted by atomic mass is 35.5. The van der Waals surface area contributed by atoms with Crippen molar-refractivity contribution >= 4 is 11.6 Å². The fraction of sp³-hybridized carbons (Fsp3) is 0.625. The third kappa shape index (κ3) is 3.44. The lowest BCUT2D eigenvalue weighted by Crippen LogP contribution is -2.33. The molecule has 1 unspecified atom stereocenters. The minimum Gasteiger partial charge on any atom is -0.493 e. The Labute approximate surface area is 130 Å². The van der Waals surface area contributed by atoms with Gasteiger partial charge in [-0.25, -0.2) is 0 Å². The molecule has 1 saturated heterocycles. The highest BCUT2D eigenvalue weighted by Crippen LogP contribution is 2.40. The van der Waals surface area contributed by atoms with Crippen LogP contribution in [-0.4, -0.2) is 32.9 Å². The van der Waals surface area contributed by atoms with Gasteiger partial charge in [-0.3, -0.25) is 0 Å². The molecule has 1 heterocycles. The molecule has 4 nitrogen and oxygen atoms in total. The summed E-state index contributed by atoms with van der Waals surface area (Å²) >= 11 is 6.43. The van der Waals surface area contributed by atoms with E-state index in [1.807, 2.05) is 12.1 Å². The lowest BCUT2D eigenvalue weighted by Gasteiger charge is -2.25. The molecule has 1 saturated carbocycles. The van der Waals surface area contributed by atoms with E-state index in [9.17, 15) is 0 Å². The fourth-order valence-electron chi connectivity index (χ4n) is 2.99. The number of ether oxygens (including phenoxy) is 3. The van der Waals surface area contributed by atoms with Crippen molar-refractivity contribution in [2.24, 2.45) is 0 Å². The lowest BCUT2D eigenvalue weighted by atomic mass is 10.1. The molecule has 0 spiro atoms. The molecular weight excluding hydrogens is 290 g/mol. The van der Waals surface area contributed by atoms with E-state index in [0.29, 0.717) is 23.1 Å². The highest BCUT2D eigenvalue weighted by Gasteiger charge is 2.23. The maximum Gasteiger partial charge on any atom is 0.180 e. The molecule has 1 N–H and O–H groups in total. The van der Waals surface area contributed by atoms with Gasteiger partial charge >= 0.3 is 0 Å². The zero-order valence-electron chi connectivity index (χ0n) is 12.4. The lowest BCUT2D eigenvalue weighted by molar-refractivity contribution is 0.0275. The molecule has 1 aromatic rings. The number of hydrogen-bond acceptors (Lipinski definition) is 4. The van der Waals surface area contributed by atoms with Crippen LogP contribution in [0.15, 0.2) is 12.1 Å². The third-order valence-electron chi connectivity index (χ3n) is 4.14. The Morgan fingerprint density at radius 3 is 2.76 bits per heavy atom. The van der Waals surface area contributed by atoms with Gasteiger partial charge in [0.05, 0.1) is 30.9 Å². The number of hydrogen-bond donors (Lipinski definition) is 1. The summed E-state index contributed by atoms with van der Waals surface area (Å²) in [6, 6.07) is 3.92. The molecule has 1 atom stereocenters. The predicted octanol–water partition coefficient (Wildman–Crippen LogP) is 3.33. The van der Waals surface area contributed by atoms with Gasteiger partial charge in [-0.2, -0.15) is 0 Å². The topological polar surface area (TPSA) is 39.7 Å². The minimum absolute atomic E-state index is 0.0191. The van der Waals surface area contributed by atoms with Crippen LogP contribution >= 0.6 is 11.6 Å². The number of rotatable bonds is 4. The van der Waals surface area contributed by atoms with Crippen LogP contribution < -0.4 is 14.8 Å². The molecule has 3 rings (SSSR count). The van der Waals surface area contributed by atoms with Gasteiger partial charge in [-0.05, 0) is 43.4 Å². The van der Waals surface area contributed by atoms with E-state index in [0.717, 1.165) is 31.5 Å². The first kappa shape index (κ1) is 14.9. The summed E-state index contributed by atoms with van der Waals surface area (Å²) in [7, 11) is 1.65. The molecule has 2 fully saturated rings. The van der Waals surface area contributed by atoms with Gasteiger partial charge < -0.3 is 19.5 Å². The molecule has 5 heteroatoms. The van der Waals surface area contributed by atoms with Crippen LogP contribution in [-0.2, 0) is 4.74 Å².